The molecular formula is C27H26F2N4O5. The molecule has 11 heteroatoms. The molecule has 0 unspecified atom stereocenters. The summed E-state index contributed by atoms with van der Waals surface area (Å²) in [5.74, 6) is -1.34. The molecule has 198 valence electrons. The fraction of sp³-hybridized carbons (Fsp3) is 0.333. The molecule has 3 aromatic rings. The summed E-state index contributed by atoms with van der Waals surface area (Å²) in [6.45, 7) is 0.318. The number of carbonyl (C=O) groups is 2. The number of aromatic nitrogens is 2. The maximum atomic E-state index is 14.6. The Morgan fingerprint density at radius 3 is 2.45 bits per heavy atom. The molecule has 2 heterocycles. The molecular weight excluding hydrogens is 498 g/mol. The van der Waals surface area contributed by atoms with Crippen LogP contribution in [0.15, 0.2) is 36.4 Å². The Bertz CT molecular complexity index is 1390. The van der Waals surface area contributed by atoms with Crippen LogP contribution >= 0.6 is 0 Å². The van der Waals surface area contributed by atoms with Crippen LogP contribution < -0.4 is 14.8 Å². The van der Waals surface area contributed by atoms with Crippen molar-refractivity contribution in [3.63, 3.8) is 0 Å². The van der Waals surface area contributed by atoms with Crippen molar-refractivity contribution < 1.29 is 32.6 Å². The van der Waals surface area contributed by atoms with Gasteiger partial charge in [-0.05, 0) is 37.1 Å². The van der Waals surface area contributed by atoms with Crippen LogP contribution in [-0.2, 0) is 22.6 Å². The van der Waals surface area contributed by atoms with Gasteiger partial charge in [0.05, 0.1) is 51.6 Å². The number of benzene rings is 2. The van der Waals surface area contributed by atoms with Gasteiger partial charge in [0, 0.05) is 17.7 Å². The molecule has 1 fully saturated rings. The van der Waals surface area contributed by atoms with Crippen molar-refractivity contribution in [2.24, 2.45) is 5.92 Å². The first-order valence-corrected chi connectivity index (χ1v) is 12.0. The second-order valence-corrected chi connectivity index (χ2v) is 9.19. The number of halogens is 2. The average Bonchev–Trinajstić information content (AvgIpc) is 3.20. The first kappa shape index (κ1) is 25.4. The van der Waals surface area contributed by atoms with E-state index in [4.69, 9.17) is 14.2 Å². The summed E-state index contributed by atoms with van der Waals surface area (Å²) in [4.78, 5) is 35.7. The molecule has 0 radical (unpaired) electrons. The lowest BCUT2D eigenvalue weighted by Crippen LogP contribution is -2.40. The Balaban J connectivity index is 1.49. The normalized spacial score (nSPS) is 18.0. The molecule has 1 amide bonds. The largest absolute Gasteiger partial charge is 0.497 e. The van der Waals surface area contributed by atoms with Crippen molar-refractivity contribution in [3.8, 4) is 22.9 Å². The van der Waals surface area contributed by atoms with Crippen molar-refractivity contribution in [1.82, 2.24) is 14.9 Å². The first-order valence-electron chi connectivity index (χ1n) is 12.0. The van der Waals surface area contributed by atoms with Gasteiger partial charge in [-0.15, -0.1) is 0 Å². The zero-order chi connectivity index (χ0) is 27.0. The van der Waals surface area contributed by atoms with E-state index in [9.17, 15) is 18.4 Å². The maximum Gasteiger partial charge on any atom is 0.308 e. The number of amides is 1. The minimum absolute atomic E-state index is 0.110. The molecule has 5 rings (SSSR count). The average molecular weight is 525 g/mol. The Kier molecular flexibility index (Phi) is 6.83. The van der Waals surface area contributed by atoms with Gasteiger partial charge in [0.25, 0.3) is 5.91 Å². The van der Waals surface area contributed by atoms with E-state index in [0.717, 1.165) is 17.7 Å². The third-order valence-electron chi connectivity index (χ3n) is 6.88. The molecule has 0 bridgehead atoms. The highest BCUT2D eigenvalue weighted by molar-refractivity contribution is 6.02. The van der Waals surface area contributed by atoms with Crippen molar-refractivity contribution in [2.75, 3.05) is 26.6 Å². The third-order valence-corrected chi connectivity index (χ3v) is 6.88. The van der Waals surface area contributed by atoms with Crippen LogP contribution in [0.3, 0.4) is 0 Å². The van der Waals surface area contributed by atoms with Crippen molar-refractivity contribution in [3.05, 3.63) is 64.9 Å². The lowest BCUT2D eigenvalue weighted by molar-refractivity contribution is -0.148. The van der Waals surface area contributed by atoms with Crippen LogP contribution in [0, 0.1) is 17.6 Å². The molecule has 2 aromatic carbocycles. The number of hydrogen-bond donors (Lipinski definition) is 1. The van der Waals surface area contributed by atoms with E-state index in [1.807, 2.05) is 0 Å². The van der Waals surface area contributed by atoms with Crippen LogP contribution in [0.1, 0.15) is 34.5 Å². The van der Waals surface area contributed by atoms with Crippen LogP contribution in [0.5, 0.6) is 11.5 Å². The molecule has 38 heavy (non-hydrogen) atoms. The van der Waals surface area contributed by atoms with Crippen molar-refractivity contribution in [2.45, 2.75) is 32.0 Å². The van der Waals surface area contributed by atoms with Crippen LogP contribution in [0.2, 0.25) is 0 Å². The number of esters is 1. The lowest BCUT2D eigenvalue weighted by Gasteiger charge is -2.34. The highest BCUT2D eigenvalue weighted by Crippen LogP contribution is 2.37. The van der Waals surface area contributed by atoms with Crippen LogP contribution in [0.25, 0.3) is 11.4 Å². The monoisotopic (exact) mass is 524 g/mol. The fourth-order valence-corrected chi connectivity index (χ4v) is 4.79. The number of nitrogens with one attached hydrogen (secondary N) is 1. The van der Waals surface area contributed by atoms with Gasteiger partial charge in [-0.25, -0.2) is 18.7 Å². The zero-order valence-corrected chi connectivity index (χ0v) is 21.1. The minimum atomic E-state index is -0.811. The SMILES string of the molecule is COC(=O)C1CC(Nc2nc(-c3c(F)cccc3F)nc3c2C(=O)N(Cc2ccc(OC)cc2OC)C3)C1. The van der Waals surface area contributed by atoms with Crippen LogP contribution in [-0.4, -0.2) is 54.1 Å². The van der Waals surface area contributed by atoms with E-state index in [1.165, 1.54) is 20.3 Å². The molecule has 1 N–H and O–H groups in total. The molecule has 1 aliphatic carbocycles. The maximum absolute atomic E-state index is 14.6. The number of fused-ring (bicyclic) bond motifs is 1. The molecule has 0 spiro atoms. The van der Waals surface area contributed by atoms with Gasteiger partial charge >= 0.3 is 5.97 Å². The molecule has 0 atom stereocenters. The zero-order valence-electron chi connectivity index (χ0n) is 21.1. The molecule has 1 aliphatic heterocycles. The van der Waals surface area contributed by atoms with Crippen molar-refractivity contribution in [1.29, 1.82) is 0 Å². The Morgan fingerprint density at radius 1 is 1.05 bits per heavy atom. The van der Waals surface area contributed by atoms with E-state index in [-0.39, 0.29) is 59.7 Å². The van der Waals surface area contributed by atoms with E-state index in [0.29, 0.717) is 30.0 Å². The van der Waals surface area contributed by atoms with E-state index in [2.05, 4.69) is 15.3 Å². The quantitative estimate of drug-likeness (QED) is 0.442. The number of hydrogen-bond acceptors (Lipinski definition) is 8. The summed E-state index contributed by atoms with van der Waals surface area (Å²) in [7, 11) is 4.41. The highest BCUT2D eigenvalue weighted by atomic mass is 19.1. The Morgan fingerprint density at radius 2 is 1.79 bits per heavy atom. The topological polar surface area (TPSA) is 103 Å². The number of anilines is 1. The smallest absolute Gasteiger partial charge is 0.308 e. The van der Waals surface area contributed by atoms with E-state index < -0.39 is 11.6 Å². The Labute approximate surface area is 217 Å². The number of nitrogens with zero attached hydrogens (tertiary/aromatic N) is 3. The lowest BCUT2D eigenvalue weighted by atomic mass is 9.80. The summed E-state index contributed by atoms with van der Waals surface area (Å²) in [5, 5.41) is 3.20. The predicted molar refractivity (Wildman–Crippen MR) is 133 cm³/mol. The summed E-state index contributed by atoms with van der Waals surface area (Å²) in [6.07, 6.45) is 0.964. The molecule has 2 aliphatic rings. The summed E-state index contributed by atoms with van der Waals surface area (Å²) in [6, 6.07) is 8.65. The van der Waals surface area contributed by atoms with Gasteiger partial charge in [-0.1, -0.05) is 6.07 Å². The van der Waals surface area contributed by atoms with Gasteiger partial charge in [-0.2, -0.15) is 0 Å². The minimum Gasteiger partial charge on any atom is -0.497 e. The van der Waals surface area contributed by atoms with Crippen LogP contribution in [0.4, 0.5) is 14.6 Å². The number of carbonyl (C=O) groups excluding carboxylic acids is 2. The number of methoxy groups -OCH3 is 3. The van der Waals surface area contributed by atoms with Gasteiger partial charge < -0.3 is 24.4 Å². The van der Waals surface area contributed by atoms with E-state index in [1.54, 1.807) is 30.2 Å². The second kappa shape index (κ2) is 10.2. The van der Waals surface area contributed by atoms with Crippen molar-refractivity contribution >= 4 is 17.7 Å². The first-order chi connectivity index (χ1) is 18.3. The molecule has 1 saturated carbocycles. The Hall–Kier alpha value is -4.28. The predicted octanol–water partition coefficient (Wildman–Crippen LogP) is 3.96. The molecule has 1 aromatic heterocycles. The summed E-state index contributed by atoms with van der Waals surface area (Å²) < 4.78 is 44.8. The third kappa shape index (κ3) is 4.59. The number of rotatable bonds is 8. The van der Waals surface area contributed by atoms with Gasteiger partial charge in [-0.3, -0.25) is 9.59 Å². The second-order valence-electron chi connectivity index (χ2n) is 9.19. The molecule has 0 saturated heterocycles. The highest BCUT2D eigenvalue weighted by Gasteiger charge is 2.39. The summed E-state index contributed by atoms with van der Waals surface area (Å²) in [5.41, 5.74) is 0.959. The number of ether oxygens (including phenoxy) is 3. The standard InChI is InChI=1S/C27H26F2N4O5/c1-36-17-8-7-14(21(11-17)37-2)12-33-13-20-23(26(33)34)25(30-16-9-15(10-16)27(35)38-3)32-24(31-20)22-18(28)5-4-6-19(22)29/h4-8,11,15-16H,9-10,12-13H2,1-3H3,(H,30,31,32). The fourth-order valence-electron chi connectivity index (χ4n) is 4.79. The van der Waals surface area contributed by atoms with Gasteiger partial charge in [0.15, 0.2) is 5.82 Å². The molecule has 9 nitrogen and oxygen atoms in total. The summed E-state index contributed by atoms with van der Waals surface area (Å²) >= 11 is 0. The van der Waals surface area contributed by atoms with E-state index >= 15 is 0 Å². The van der Waals surface area contributed by atoms with Gasteiger partial charge in [0.2, 0.25) is 0 Å². The van der Waals surface area contributed by atoms with Gasteiger partial charge in [0.1, 0.15) is 34.5 Å².